The largest absolute Gasteiger partial charge is 0.351 e. The van der Waals surface area contributed by atoms with Crippen LogP contribution in [0, 0.1) is 0 Å². The molecule has 8 heteroatoms. The molecule has 2 aromatic rings. The molecule has 0 spiro atoms. The molecule has 1 aromatic carbocycles. The maximum atomic E-state index is 12.7. The van der Waals surface area contributed by atoms with Crippen molar-refractivity contribution < 1.29 is 17.7 Å². The highest BCUT2D eigenvalue weighted by Gasteiger charge is 2.44. The number of hydrogen-bond donors (Lipinski definition) is 1. The van der Waals surface area contributed by atoms with Crippen molar-refractivity contribution in [2.75, 3.05) is 13.1 Å². The van der Waals surface area contributed by atoms with Crippen LogP contribution in [0.5, 0.6) is 0 Å². The van der Waals surface area contributed by atoms with Crippen LogP contribution < -0.4 is 5.32 Å². The second-order valence-corrected chi connectivity index (χ2v) is 9.74. The van der Waals surface area contributed by atoms with E-state index in [1.807, 2.05) is 37.3 Å². The van der Waals surface area contributed by atoms with E-state index in [9.17, 15) is 13.2 Å². The van der Waals surface area contributed by atoms with Crippen LogP contribution >= 0.6 is 0 Å². The van der Waals surface area contributed by atoms with Gasteiger partial charge in [0.05, 0.1) is 10.9 Å². The van der Waals surface area contributed by atoms with Crippen LogP contribution in [0.3, 0.4) is 0 Å². The Bertz CT molecular complexity index is 937. The van der Waals surface area contributed by atoms with E-state index in [1.165, 1.54) is 0 Å². The van der Waals surface area contributed by atoms with Crippen LogP contribution in [-0.4, -0.2) is 48.2 Å². The summed E-state index contributed by atoms with van der Waals surface area (Å²) < 4.78 is 32.1. The van der Waals surface area contributed by atoms with Gasteiger partial charge in [-0.2, -0.15) is 4.31 Å². The Kier molecular flexibility index (Phi) is 5.25. The van der Waals surface area contributed by atoms with E-state index in [0.29, 0.717) is 25.1 Å². The lowest BCUT2D eigenvalue weighted by Crippen LogP contribution is -2.53. The molecule has 2 fully saturated rings. The third kappa shape index (κ3) is 3.84. The van der Waals surface area contributed by atoms with Gasteiger partial charge >= 0.3 is 0 Å². The fourth-order valence-electron chi connectivity index (χ4n) is 3.80. The molecule has 2 atom stereocenters. The Labute approximate surface area is 165 Å². The molecular weight excluding hydrogens is 378 g/mol. The van der Waals surface area contributed by atoms with Crippen LogP contribution in [0.1, 0.15) is 53.9 Å². The van der Waals surface area contributed by atoms with E-state index in [2.05, 4.69) is 10.5 Å². The first kappa shape index (κ1) is 19.1. The lowest BCUT2D eigenvalue weighted by molar-refractivity contribution is 0.0875. The van der Waals surface area contributed by atoms with Crippen LogP contribution in [0.4, 0.5) is 0 Å². The van der Waals surface area contributed by atoms with Gasteiger partial charge < -0.3 is 9.84 Å². The maximum Gasteiger partial charge on any atom is 0.290 e. The van der Waals surface area contributed by atoms with Crippen LogP contribution in [0.15, 0.2) is 40.9 Å². The molecule has 1 aromatic heterocycles. The van der Waals surface area contributed by atoms with Crippen LogP contribution in [0.25, 0.3) is 0 Å². The smallest absolute Gasteiger partial charge is 0.290 e. The average molecular weight is 404 g/mol. The van der Waals surface area contributed by atoms with Crippen LogP contribution in [-0.2, 0) is 16.4 Å². The molecule has 28 heavy (non-hydrogen) atoms. The van der Waals surface area contributed by atoms with Gasteiger partial charge in [0, 0.05) is 31.1 Å². The highest BCUT2D eigenvalue weighted by molar-refractivity contribution is 7.90. The van der Waals surface area contributed by atoms with E-state index in [0.717, 1.165) is 18.4 Å². The zero-order valence-corrected chi connectivity index (χ0v) is 16.7. The van der Waals surface area contributed by atoms with E-state index in [4.69, 9.17) is 4.52 Å². The maximum absolute atomic E-state index is 12.7. The van der Waals surface area contributed by atoms with Crippen molar-refractivity contribution in [3.05, 3.63) is 53.4 Å². The van der Waals surface area contributed by atoms with Gasteiger partial charge in [-0.3, -0.25) is 4.79 Å². The number of sulfonamides is 1. The number of hydrogen-bond acceptors (Lipinski definition) is 5. The van der Waals surface area contributed by atoms with E-state index < -0.39 is 10.0 Å². The molecule has 150 valence electrons. The molecule has 2 heterocycles. The van der Waals surface area contributed by atoms with Gasteiger partial charge in [0.15, 0.2) is 0 Å². The monoisotopic (exact) mass is 403 g/mol. The summed E-state index contributed by atoms with van der Waals surface area (Å²) in [5.41, 5.74) is 1.81. The number of piperidine rings is 1. The third-order valence-corrected chi connectivity index (χ3v) is 7.94. The summed E-state index contributed by atoms with van der Waals surface area (Å²) >= 11 is 0. The summed E-state index contributed by atoms with van der Waals surface area (Å²) in [4.78, 5) is 12.7. The summed E-state index contributed by atoms with van der Waals surface area (Å²) in [7, 11) is -3.28. The Morgan fingerprint density at radius 3 is 2.64 bits per heavy atom. The SMILES string of the molecule is CCc1cc(C(=O)N[C@H]2CN(S(=O)(=O)C3CC3)CC[C@H]2c2ccccc2)on1. The molecule has 1 amide bonds. The van der Waals surface area contributed by atoms with Gasteiger partial charge in [-0.15, -0.1) is 0 Å². The predicted molar refractivity (Wildman–Crippen MR) is 104 cm³/mol. The fourth-order valence-corrected chi connectivity index (χ4v) is 5.68. The van der Waals surface area contributed by atoms with E-state index in [1.54, 1.807) is 10.4 Å². The number of aryl methyl sites for hydroxylation is 1. The van der Waals surface area contributed by atoms with Gasteiger partial charge in [0.1, 0.15) is 0 Å². The zero-order chi connectivity index (χ0) is 19.7. The minimum atomic E-state index is -3.28. The topological polar surface area (TPSA) is 92.5 Å². The van der Waals surface area contributed by atoms with Crippen molar-refractivity contribution in [3.8, 4) is 0 Å². The van der Waals surface area contributed by atoms with Crippen LogP contribution in [0.2, 0.25) is 0 Å². The Morgan fingerprint density at radius 2 is 2.00 bits per heavy atom. The third-order valence-electron chi connectivity index (χ3n) is 5.57. The summed E-state index contributed by atoms with van der Waals surface area (Å²) in [6.45, 7) is 2.69. The summed E-state index contributed by atoms with van der Waals surface area (Å²) in [6.07, 6.45) is 2.81. The first-order chi connectivity index (χ1) is 13.5. The second-order valence-electron chi connectivity index (χ2n) is 7.52. The molecule has 1 aliphatic carbocycles. The summed E-state index contributed by atoms with van der Waals surface area (Å²) in [6, 6.07) is 11.2. The molecule has 7 nitrogen and oxygen atoms in total. The molecule has 1 N–H and O–H groups in total. The number of rotatable bonds is 6. The quantitative estimate of drug-likeness (QED) is 0.799. The predicted octanol–water partition coefficient (Wildman–Crippen LogP) is 2.32. The van der Waals surface area contributed by atoms with Crippen molar-refractivity contribution >= 4 is 15.9 Å². The van der Waals surface area contributed by atoms with Gasteiger partial charge in [-0.05, 0) is 31.2 Å². The van der Waals surface area contributed by atoms with E-state index >= 15 is 0 Å². The van der Waals surface area contributed by atoms with Crippen molar-refractivity contribution in [1.29, 1.82) is 0 Å². The Morgan fingerprint density at radius 1 is 1.25 bits per heavy atom. The molecule has 0 unspecified atom stereocenters. The number of nitrogens with zero attached hydrogens (tertiary/aromatic N) is 2. The first-order valence-corrected chi connectivity index (χ1v) is 11.3. The molecule has 0 radical (unpaired) electrons. The number of carbonyl (C=O) groups is 1. The van der Waals surface area contributed by atoms with Crippen molar-refractivity contribution in [3.63, 3.8) is 0 Å². The van der Waals surface area contributed by atoms with Gasteiger partial charge in [-0.25, -0.2) is 8.42 Å². The van der Waals surface area contributed by atoms with Gasteiger partial charge in [0.2, 0.25) is 15.8 Å². The van der Waals surface area contributed by atoms with Crippen molar-refractivity contribution in [2.24, 2.45) is 0 Å². The number of amides is 1. The van der Waals surface area contributed by atoms with Crippen molar-refractivity contribution in [1.82, 2.24) is 14.8 Å². The number of carbonyl (C=O) groups excluding carboxylic acids is 1. The number of nitrogens with one attached hydrogen (secondary N) is 1. The molecule has 4 rings (SSSR count). The lowest BCUT2D eigenvalue weighted by atomic mass is 9.86. The Hall–Kier alpha value is -2.19. The average Bonchev–Trinajstić information content (AvgIpc) is 3.47. The molecule has 0 bridgehead atoms. The number of benzene rings is 1. The molecule has 2 aliphatic rings. The van der Waals surface area contributed by atoms with Gasteiger partial charge in [0.25, 0.3) is 5.91 Å². The normalized spacial score (nSPS) is 23.5. The molecule has 1 aliphatic heterocycles. The molecule has 1 saturated heterocycles. The standard InChI is InChI=1S/C20H25N3O4S/c1-2-15-12-19(27-22-15)20(24)21-18-13-23(28(25,26)16-8-9-16)11-10-17(18)14-6-4-3-5-7-14/h3-7,12,16-18H,2,8-11,13H2,1H3,(H,21,24)/t17-,18-/m0/s1. The minimum Gasteiger partial charge on any atom is -0.351 e. The van der Waals surface area contributed by atoms with Gasteiger partial charge in [-0.1, -0.05) is 42.4 Å². The van der Waals surface area contributed by atoms with E-state index in [-0.39, 0.29) is 35.4 Å². The lowest BCUT2D eigenvalue weighted by Gasteiger charge is -2.38. The van der Waals surface area contributed by atoms with Crippen molar-refractivity contribution in [2.45, 2.75) is 49.8 Å². The highest BCUT2D eigenvalue weighted by atomic mass is 32.2. The number of aromatic nitrogens is 1. The molecular formula is C20H25N3O4S. The highest BCUT2D eigenvalue weighted by Crippen LogP contribution is 2.35. The minimum absolute atomic E-state index is 0.0457. The summed E-state index contributed by atoms with van der Waals surface area (Å²) in [5.74, 6) is -0.154. The second kappa shape index (κ2) is 7.67. The fraction of sp³-hybridized carbons (Fsp3) is 0.500. The Balaban J connectivity index is 1.56. The zero-order valence-electron chi connectivity index (χ0n) is 15.9. The first-order valence-electron chi connectivity index (χ1n) is 9.79. The molecule has 1 saturated carbocycles. The summed E-state index contributed by atoms with van der Waals surface area (Å²) in [5, 5.41) is 6.62.